The monoisotopic (exact) mass is 297 g/mol. The Labute approximate surface area is 115 Å². The number of carbonyl (C=O) groups excluding carboxylic acids is 1. The van der Waals surface area contributed by atoms with E-state index in [4.69, 9.17) is 0 Å². The number of hydrogen-bond acceptors (Lipinski definition) is 5. The summed E-state index contributed by atoms with van der Waals surface area (Å²) in [6.07, 6.45) is 2.27. The van der Waals surface area contributed by atoms with E-state index in [0.29, 0.717) is 6.42 Å². The van der Waals surface area contributed by atoms with Crippen LogP contribution in [0.3, 0.4) is 0 Å². The summed E-state index contributed by atoms with van der Waals surface area (Å²) in [5.74, 6) is -0.142. The normalized spacial score (nSPS) is 24.5. The molecule has 1 saturated heterocycles. The van der Waals surface area contributed by atoms with Gasteiger partial charge in [-0.3, -0.25) is 9.59 Å². The van der Waals surface area contributed by atoms with E-state index in [-0.39, 0.29) is 40.7 Å². The fourth-order valence-electron chi connectivity index (χ4n) is 2.57. The van der Waals surface area contributed by atoms with E-state index >= 15 is 0 Å². The van der Waals surface area contributed by atoms with Crippen molar-refractivity contribution in [3.63, 3.8) is 0 Å². The van der Waals surface area contributed by atoms with Crippen molar-refractivity contribution in [2.24, 2.45) is 0 Å². The zero-order valence-corrected chi connectivity index (χ0v) is 11.6. The van der Waals surface area contributed by atoms with Crippen molar-refractivity contribution in [2.45, 2.75) is 31.3 Å². The molecule has 1 saturated carbocycles. The van der Waals surface area contributed by atoms with Gasteiger partial charge in [-0.1, -0.05) is 0 Å². The lowest BCUT2D eigenvalue weighted by Gasteiger charge is -2.27. The lowest BCUT2D eigenvalue weighted by molar-refractivity contribution is 0.0673. The quantitative estimate of drug-likeness (QED) is 0.815. The summed E-state index contributed by atoms with van der Waals surface area (Å²) < 4.78 is 23.2. The molecule has 8 heteroatoms. The third kappa shape index (κ3) is 2.60. The third-order valence-electron chi connectivity index (χ3n) is 3.67. The molecule has 20 heavy (non-hydrogen) atoms. The number of hydrogen-bond donors (Lipinski definition) is 1. The number of rotatable bonds is 3. The molecule has 1 aliphatic heterocycles. The predicted octanol–water partition coefficient (Wildman–Crippen LogP) is -0.438. The van der Waals surface area contributed by atoms with Crippen LogP contribution in [0.4, 0.5) is 0 Å². The summed E-state index contributed by atoms with van der Waals surface area (Å²) >= 11 is 0. The molecule has 7 nitrogen and oxygen atoms in total. The first-order chi connectivity index (χ1) is 9.46. The van der Waals surface area contributed by atoms with Crippen molar-refractivity contribution in [3.05, 3.63) is 28.2 Å². The summed E-state index contributed by atoms with van der Waals surface area (Å²) in [6, 6.07) is 2.46. The minimum Gasteiger partial charge on any atom is -0.330 e. The first-order valence-electron chi connectivity index (χ1n) is 6.55. The van der Waals surface area contributed by atoms with Gasteiger partial charge in [-0.25, -0.2) is 13.5 Å². The van der Waals surface area contributed by atoms with Gasteiger partial charge in [-0.2, -0.15) is 5.10 Å². The van der Waals surface area contributed by atoms with Crippen LogP contribution in [0.1, 0.15) is 29.8 Å². The number of amides is 1. The second-order valence-corrected chi connectivity index (χ2v) is 7.54. The number of sulfone groups is 1. The smallest absolute Gasteiger partial charge is 0.274 e. The van der Waals surface area contributed by atoms with Gasteiger partial charge in [-0.15, -0.1) is 0 Å². The van der Waals surface area contributed by atoms with Crippen LogP contribution in [-0.4, -0.2) is 53.0 Å². The lowest BCUT2D eigenvalue weighted by atomic mass is 10.2. The molecule has 0 spiro atoms. The Morgan fingerprint density at radius 1 is 1.25 bits per heavy atom. The molecule has 1 aromatic heterocycles. The average molecular weight is 297 g/mol. The number of aromatic amines is 1. The van der Waals surface area contributed by atoms with Crippen LogP contribution < -0.4 is 5.56 Å². The minimum atomic E-state index is -3.04. The first-order valence-corrected chi connectivity index (χ1v) is 8.37. The minimum absolute atomic E-state index is 0.0264. The van der Waals surface area contributed by atoms with Crippen molar-refractivity contribution in [1.29, 1.82) is 0 Å². The summed E-state index contributed by atoms with van der Waals surface area (Å²) in [5.41, 5.74) is -0.219. The van der Waals surface area contributed by atoms with Gasteiger partial charge < -0.3 is 4.90 Å². The molecule has 0 radical (unpaired) electrons. The van der Waals surface area contributed by atoms with E-state index < -0.39 is 9.84 Å². The van der Waals surface area contributed by atoms with E-state index in [1.54, 1.807) is 4.90 Å². The molecule has 1 aliphatic carbocycles. The van der Waals surface area contributed by atoms with Crippen LogP contribution >= 0.6 is 0 Å². The van der Waals surface area contributed by atoms with Crippen LogP contribution in [0.15, 0.2) is 16.9 Å². The Morgan fingerprint density at radius 3 is 2.50 bits per heavy atom. The Kier molecular flexibility index (Phi) is 3.12. The van der Waals surface area contributed by atoms with Crippen molar-refractivity contribution in [3.8, 4) is 0 Å². The van der Waals surface area contributed by atoms with Crippen molar-refractivity contribution < 1.29 is 13.2 Å². The van der Waals surface area contributed by atoms with Gasteiger partial charge in [0.1, 0.15) is 5.69 Å². The molecule has 2 heterocycles. The predicted molar refractivity (Wildman–Crippen MR) is 71.1 cm³/mol. The molecule has 1 aromatic rings. The highest BCUT2D eigenvalue weighted by Gasteiger charge is 2.42. The number of carbonyl (C=O) groups is 1. The molecular formula is C12H15N3O4S. The largest absolute Gasteiger partial charge is 0.330 e. The maximum atomic E-state index is 12.5. The number of nitrogens with one attached hydrogen (secondary N) is 1. The van der Waals surface area contributed by atoms with E-state index in [9.17, 15) is 18.0 Å². The highest BCUT2D eigenvalue weighted by Crippen LogP contribution is 2.33. The molecule has 3 rings (SSSR count). The van der Waals surface area contributed by atoms with E-state index in [0.717, 1.165) is 12.8 Å². The number of nitrogens with zero attached hydrogens (tertiary/aromatic N) is 2. The molecule has 2 aliphatic rings. The second-order valence-electron chi connectivity index (χ2n) is 5.31. The van der Waals surface area contributed by atoms with Gasteiger partial charge in [0, 0.05) is 18.2 Å². The third-order valence-corrected chi connectivity index (χ3v) is 5.43. The van der Waals surface area contributed by atoms with E-state index in [1.165, 1.54) is 12.1 Å². The fourth-order valence-corrected chi connectivity index (χ4v) is 4.28. The molecule has 108 valence electrons. The summed E-state index contributed by atoms with van der Waals surface area (Å²) in [4.78, 5) is 25.1. The Bertz CT molecular complexity index is 672. The van der Waals surface area contributed by atoms with E-state index in [1.807, 2.05) is 0 Å². The maximum Gasteiger partial charge on any atom is 0.274 e. The van der Waals surface area contributed by atoms with E-state index in [2.05, 4.69) is 10.2 Å². The van der Waals surface area contributed by atoms with Gasteiger partial charge in [-0.05, 0) is 25.3 Å². The van der Waals surface area contributed by atoms with Crippen molar-refractivity contribution in [1.82, 2.24) is 15.1 Å². The zero-order chi connectivity index (χ0) is 14.3. The van der Waals surface area contributed by atoms with Gasteiger partial charge >= 0.3 is 0 Å². The highest BCUT2D eigenvalue weighted by atomic mass is 32.2. The number of aromatic nitrogens is 2. The SMILES string of the molecule is O=C(c1ccc(=O)[nH]n1)N(C1CC1)C1CCS(=O)(=O)C1. The topological polar surface area (TPSA) is 100 Å². The molecule has 0 aromatic carbocycles. The second kappa shape index (κ2) is 4.69. The van der Waals surface area contributed by atoms with Crippen LogP contribution in [0.5, 0.6) is 0 Å². The molecule has 1 N–H and O–H groups in total. The Hall–Kier alpha value is -1.70. The van der Waals surface area contributed by atoms with Crippen molar-refractivity contribution in [2.75, 3.05) is 11.5 Å². The van der Waals surface area contributed by atoms with Gasteiger partial charge in [0.05, 0.1) is 11.5 Å². The van der Waals surface area contributed by atoms with Crippen LogP contribution in [0.25, 0.3) is 0 Å². The van der Waals surface area contributed by atoms with Gasteiger partial charge in [0.2, 0.25) is 0 Å². The Balaban J connectivity index is 1.86. The molecular weight excluding hydrogens is 282 g/mol. The standard InChI is InChI=1S/C12H15N3O4S/c16-11-4-3-10(13-14-11)12(17)15(8-1-2-8)9-5-6-20(18,19)7-9/h3-4,8-9H,1-2,5-7H2,(H,14,16). The van der Waals surface area contributed by atoms with Crippen LogP contribution in [-0.2, 0) is 9.84 Å². The fraction of sp³-hybridized carbons (Fsp3) is 0.583. The summed E-state index contributed by atoms with van der Waals surface area (Å²) in [7, 11) is -3.04. The van der Waals surface area contributed by atoms with Gasteiger partial charge in [0.15, 0.2) is 9.84 Å². The maximum absolute atomic E-state index is 12.5. The summed E-state index contributed by atoms with van der Waals surface area (Å²) in [5, 5.41) is 5.97. The average Bonchev–Trinajstić information content (AvgIpc) is 3.15. The number of H-pyrrole nitrogens is 1. The molecule has 0 bridgehead atoms. The Morgan fingerprint density at radius 2 is 2.00 bits per heavy atom. The highest BCUT2D eigenvalue weighted by molar-refractivity contribution is 7.91. The molecule has 1 atom stereocenters. The van der Waals surface area contributed by atoms with Gasteiger partial charge in [0.25, 0.3) is 11.5 Å². The zero-order valence-electron chi connectivity index (χ0n) is 10.8. The van der Waals surface area contributed by atoms with Crippen LogP contribution in [0.2, 0.25) is 0 Å². The first kappa shape index (κ1) is 13.3. The summed E-state index contributed by atoms with van der Waals surface area (Å²) in [6.45, 7) is 0. The molecule has 1 unspecified atom stereocenters. The van der Waals surface area contributed by atoms with Crippen molar-refractivity contribution >= 4 is 15.7 Å². The molecule has 2 fully saturated rings. The lowest BCUT2D eigenvalue weighted by Crippen LogP contribution is -2.43. The molecule has 1 amide bonds. The van der Waals surface area contributed by atoms with Crippen LogP contribution in [0, 0.1) is 0 Å².